The van der Waals surface area contributed by atoms with Gasteiger partial charge in [-0.15, -0.1) is 0 Å². The minimum Gasteiger partial charge on any atom is -0.345 e. The summed E-state index contributed by atoms with van der Waals surface area (Å²) < 4.78 is 11.4. The van der Waals surface area contributed by atoms with Crippen molar-refractivity contribution in [2.24, 2.45) is 0 Å². The molecule has 0 spiro atoms. The van der Waals surface area contributed by atoms with Crippen molar-refractivity contribution in [3.8, 4) is 0 Å². The minimum atomic E-state index is -0.386. The highest BCUT2D eigenvalue weighted by Crippen LogP contribution is 2.34. The molecule has 0 bridgehead atoms. The van der Waals surface area contributed by atoms with E-state index >= 15 is 0 Å². The molecule has 2 rings (SSSR count). The third kappa shape index (κ3) is 2.69. The lowest BCUT2D eigenvalue weighted by Crippen LogP contribution is -2.30. The number of ether oxygens (including phenoxy) is 2. The Kier molecular flexibility index (Phi) is 3.75. The van der Waals surface area contributed by atoms with E-state index in [1.54, 1.807) is 12.1 Å². The number of rotatable bonds is 1. The first-order chi connectivity index (χ1) is 7.56. The lowest BCUT2D eigenvalue weighted by molar-refractivity contribution is -0.239. The fourth-order valence-electron chi connectivity index (χ4n) is 1.87. The van der Waals surface area contributed by atoms with E-state index in [1.807, 2.05) is 19.9 Å². The molecular formula is C12H14Cl2O2. The van der Waals surface area contributed by atoms with Crippen LogP contribution < -0.4 is 0 Å². The molecule has 1 fully saturated rings. The fraction of sp³-hybridized carbons (Fsp3) is 0.500. The third-order valence-electron chi connectivity index (χ3n) is 2.59. The molecule has 1 aromatic carbocycles. The maximum atomic E-state index is 6.11. The first kappa shape index (κ1) is 12.2. The Balaban J connectivity index is 2.23. The molecule has 1 aliphatic heterocycles. The van der Waals surface area contributed by atoms with Crippen molar-refractivity contribution >= 4 is 23.2 Å². The van der Waals surface area contributed by atoms with Crippen molar-refractivity contribution in [2.75, 3.05) is 0 Å². The predicted molar refractivity (Wildman–Crippen MR) is 64.9 cm³/mol. The highest BCUT2D eigenvalue weighted by Gasteiger charge is 2.27. The van der Waals surface area contributed by atoms with Gasteiger partial charge in [0.1, 0.15) is 0 Å². The minimum absolute atomic E-state index is 0.181. The Morgan fingerprint density at radius 1 is 1.12 bits per heavy atom. The second-order valence-corrected chi connectivity index (χ2v) is 4.97. The zero-order chi connectivity index (χ0) is 11.7. The van der Waals surface area contributed by atoms with E-state index < -0.39 is 0 Å². The number of benzene rings is 1. The van der Waals surface area contributed by atoms with Gasteiger partial charge in [0.15, 0.2) is 6.29 Å². The van der Waals surface area contributed by atoms with Gasteiger partial charge in [-0.1, -0.05) is 29.3 Å². The van der Waals surface area contributed by atoms with Crippen molar-refractivity contribution in [2.45, 2.75) is 38.8 Å². The summed E-state index contributed by atoms with van der Waals surface area (Å²) in [4.78, 5) is 0. The van der Waals surface area contributed by atoms with E-state index in [1.165, 1.54) is 0 Å². The lowest BCUT2D eigenvalue weighted by atomic mass is 10.1. The molecular weight excluding hydrogens is 247 g/mol. The number of hydrogen-bond acceptors (Lipinski definition) is 2. The summed E-state index contributed by atoms with van der Waals surface area (Å²) in [5.41, 5.74) is 0.837. The van der Waals surface area contributed by atoms with Gasteiger partial charge in [-0.2, -0.15) is 0 Å². The molecule has 4 heteroatoms. The SMILES string of the molecule is C[C@@H]1C[C@H](C)OC(c2ccc(Cl)cc2Cl)O1. The summed E-state index contributed by atoms with van der Waals surface area (Å²) >= 11 is 12.0. The van der Waals surface area contributed by atoms with E-state index in [-0.39, 0.29) is 18.5 Å². The maximum absolute atomic E-state index is 6.11. The van der Waals surface area contributed by atoms with Crippen LogP contribution in [0.25, 0.3) is 0 Å². The molecule has 16 heavy (non-hydrogen) atoms. The van der Waals surface area contributed by atoms with Crippen LogP contribution in [0.5, 0.6) is 0 Å². The topological polar surface area (TPSA) is 18.5 Å². The van der Waals surface area contributed by atoms with Crippen LogP contribution in [0, 0.1) is 0 Å². The van der Waals surface area contributed by atoms with Crippen molar-refractivity contribution in [3.05, 3.63) is 33.8 Å². The molecule has 0 aromatic heterocycles. The Hall–Kier alpha value is -0.280. The maximum Gasteiger partial charge on any atom is 0.185 e. The van der Waals surface area contributed by atoms with E-state index in [9.17, 15) is 0 Å². The Morgan fingerprint density at radius 2 is 1.75 bits per heavy atom. The summed E-state index contributed by atoms with van der Waals surface area (Å²) in [6.07, 6.45) is 0.881. The fourth-order valence-corrected chi connectivity index (χ4v) is 2.37. The van der Waals surface area contributed by atoms with Crippen LogP contribution in [-0.2, 0) is 9.47 Å². The Bertz CT molecular complexity index is 371. The molecule has 0 N–H and O–H groups in total. The summed E-state index contributed by atoms with van der Waals surface area (Å²) in [7, 11) is 0. The second-order valence-electron chi connectivity index (χ2n) is 4.13. The molecule has 3 atom stereocenters. The van der Waals surface area contributed by atoms with Crippen LogP contribution in [-0.4, -0.2) is 12.2 Å². The Labute approximate surface area is 105 Å². The molecule has 1 unspecified atom stereocenters. The first-order valence-electron chi connectivity index (χ1n) is 5.32. The van der Waals surface area contributed by atoms with Crippen LogP contribution in [0.15, 0.2) is 18.2 Å². The molecule has 2 nitrogen and oxygen atoms in total. The molecule has 88 valence electrons. The molecule has 1 aliphatic rings. The molecule has 1 aromatic rings. The molecule has 0 amide bonds. The highest BCUT2D eigenvalue weighted by atomic mass is 35.5. The second kappa shape index (κ2) is 4.92. The average molecular weight is 261 g/mol. The molecule has 1 heterocycles. The van der Waals surface area contributed by atoms with Crippen LogP contribution in [0.4, 0.5) is 0 Å². The normalized spacial score (nSPS) is 30.4. The zero-order valence-corrected chi connectivity index (χ0v) is 10.8. The summed E-state index contributed by atoms with van der Waals surface area (Å²) in [6, 6.07) is 5.34. The summed E-state index contributed by atoms with van der Waals surface area (Å²) in [5.74, 6) is 0. The van der Waals surface area contributed by atoms with Gasteiger partial charge in [0.25, 0.3) is 0 Å². The van der Waals surface area contributed by atoms with Crippen LogP contribution in [0.1, 0.15) is 32.1 Å². The average Bonchev–Trinajstić information content (AvgIpc) is 2.15. The van der Waals surface area contributed by atoms with Crippen molar-refractivity contribution in [1.29, 1.82) is 0 Å². The zero-order valence-electron chi connectivity index (χ0n) is 9.24. The molecule has 0 radical (unpaired) electrons. The van der Waals surface area contributed by atoms with Crippen molar-refractivity contribution in [1.82, 2.24) is 0 Å². The van der Waals surface area contributed by atoms with Gasteiger partial charge in [-0.25, -0.2) is 0 Å². The number of halogens is 2. The third-order valence-corrected chi connectivity index (χ3v) is 3.15. The predicted octanol–water partition coefficient (Wildman–Crippen LogP) is 4.21. The van der Waals surface area contributed by atoms with Gasteiger partial charge in [0.2, 0.25) is 0 Å². The smallest absolute Gasteiger partial charge is 0.185 e. The van der Waals surface area contributed by atoms with E-state index in [0.717, 1.165) is 12.0 Å². The molecule has 0 saturated carbocycles. The van der Waals surface area contributed by atoms with Crippen molar-refractivity contribution in [3.63, 3.8) is 0 Å². The van der Waals surface area contributed by atoms with Gasteiger partial charge in [-0.05, 0) is 32.4 Å². The first-order valence-corrected chi connectivity index (χ1v) is 6.07. The van der Waals surface area contributed by atoms with Gasteiger partial charge in [-0.3, -0.25) is 0 Å². The monoisotopic (exact) mass is 260 g/mol. The quantitative estimate of drug-likeness (QED) is 0.754. The van der Waals surface area contributed by atoms with E-state index in [0.29, 0.717) is 10.0 Å². The standard InChI is InChI=1S/C12H14Cl2O2/c1-7-5-8(2)16-12(15-7)10-4-3-9(13)6-11(10)14/h3-4,6-8,12H,5H2,1-2H3/t7-,8+,12?. The highest BCUT2D eigenvalue weighted by molar-refractivity contribution is 6.35. The van der Waals surface area contributed by atoms with Gasteiger partial charge < -0.3 is 9.47 Å². The van der Waals surface area contributed by atoms with Crippen LogP contribution in [0.2, 0.25) is 10.0 Å². The largest absolute Gasteiger partial charge is 0.345 e. The van der Waals surface area contributed by atoms with Gasteiger partial charge in [0.05, 0.1) is 17.2 Å². The summed E-state index contributed by atoms with van der Waals surface area (Å²) in [5, 5.41) is 1.20. The van der Waals surface area contributed by atoms with Crippen molar-refractivity contribution < 1.29 is 9.47 Å². The van der Waals surface area contributed by atoms with Gasteiger partial charge >= 0.3 is 0 Å². The molecule has 1 saturated heterocycles. The number of hydrogen-bond donors (Lipinski definition) is 0. The van der Waals surface area contributed by atoms with Crippen LogP contribution in [0.3, 0.4) is 0 Å². The summed E-state index contributed by atoms with van der Waals surface area (Å²) in [6.45, 7) is 4.08. The lowest BCUT2D eigenvalue weighted by Gasteiger charge is -2.33. The van der Waals surface area contributed by atoms with E-state index in [4.69, 9.17) is 32.7 Å². The van der Waals surface area contributed by atoms with Crippen LogP contribution >= 0.6 is 23.2 Å². The van der Waals surface area contributed by atoms with E-state index in [2.05, 4.69) is 0 Å². The Morgan fingerprint density at radius 3 is 2.31 bits per heavy atom. The van der Waals surface area contributed by atoms with Gasteiger partial charge in [0, 0.05) is 10.6 Å². The molecule has 0 aliphatic carbocycles.